The molecule has 1 aromatic heterocycles. The zero-order valence-corrected chi connectivity index (χ0v) is 11.9. The van der Waals surface area contributed by atoms with Crippen LogP contribution in [-0.4, -0.2) is 17.6 Å². The molecule has 0 aliphatic carbocycles. The quantitative estimate of drug-likeness (QED) is 0.677. The first kappa shape index (κ1) is 14.3. The fraction of sp³-hybridized carbons (Fsp3) is 0.643. The minimum absolute atomic E-state index is 0.527. The van der Waals surface area contributed by atoms with Crippen molar-refractivity contribution in [2.75, 3.05) is 11.4 Å². The Hall–Kier alpha value is -0.760. The maximum Gasteiger partial charge on any atom is 0.129 e. The van der Waals surface area contributed by atoms with E-state index in [0.29, 0.717) is 11.9 Å². The van der Waals surface area contributed by atoms with E-state index < -0.39 is 0 Å². The first-order chi connectivity index (χ1) is 8.22. The minimum Gasteiger partial charge on any atom is -0.354 e. The van der Waals surface area contributed by atoms with E-state index in [0.717, 1.165) is 24.3 Å². The summed E-state index contributed by atoms with van der Waals surface area (Å²) in [5, 5.41) is 0. The molecule has 1 heterocycles. The number of nitrogens with zero attached hydrogens (tertiary/aromatic N) is 2. The Morgan fingerprint density at radius 2 is 2.18 bits per heavy atom. The van der Waals surface area contributed by atoms with Gasteiger partial charge in [-0.1, -0.05) is 20.3 Å². The maximum absolute atomic E-state index is 5.88. The predicted octanol–water partition coefficient (Wildman–Crippen LogP) is 4.23. The Morgan fingerprint density at radius 1 is 1.41 bits per heavy atom. The van der Waals surface area contributed by atoms with Crippen molar-refractivity contribution in [3.8, 4) is 0 Å². The summed E-state index contributed by atoms with van der Waals surface area (Å²) in [6.45, 7) is 7.77. The molecular weight excluding hydrogens is 232 g/mol. The highest BCUT2D eigenvalue weighted by Crippen LogP contribution is 2.18. The van der Waals surface area contributed by atoms with Gasteiger partial charge in [0.05, 0.1) is 0 Å². The standard InChI is InChI=1S/C14H23ClN2/c1-4-6-9-17(12(3)5-2)14-10-13(11-15)7-8-16-14/h7-8,10,12H,4-6,9,11H2,1-3H3. The Morgan fingerprint density at radius 3 is 2.76 bits per heavy atom. The van der Waals surface area contributed by atoms with Crippen LogP contribution in [-0.2, 0) is 5.88 Å². The highest BCUT2D eigenvalue weighted by molar-refractivity contribution is 6.17. The number of unbranched alkanes of at least 4 members (excludes halogenated alkanes) is 1. The van der Waals surface area contributed by atoms with Gasteiger partial charge in [-0.2, -0.15) is 0 Å². The van der Waals surface area contributed by atoms with Gasteiger partial charge in [0.25, 0.3) is 0 Å². The number of pyridine rings is 1. The molecular formula is C14H23ClN2. The van der Waals surface area contributed by atoms with Gasteiger partial charge in [0, 0.05) is 24.7 Å². The van der Waals surface area contributed by atoms with Crippen molar-refractivity contribution in [2.24, 2.45) is 0 Å². The fourth-order valence-electron chi connectivity index (χ4n) is 1.81. The van der Waals surface area contributed by atoms with Crippen LogP contribution in [0.15, 0.2) is 18.3 Å². The van der Waals surface area contributed by atoms with Gasteiger partial charge in [0.15, 0.2) is 0 Å². The van der Waals surface area contributed by atoms with Gasteiger partial charge in [-0.15, -0.1) is 11.6 Å². The molecule has 17 heavy (non-hydrogen) atoms. The molecule has 0 N–H and O–H groups in total. The average Bonchev–Trinajstić information content (AvgIpc) is 2.39. The average molecular weight is 255 g/mol. The molecule has 0 radical (unpaired) electrons. The van der Waals surface area contributed by atoms with Gasteiger partial charge in [0.2, 0.25) is 0 Å². The first-order valence-electron chi connectivity index (χ1n) is 6.50. The Balaban J connectivity index is 2.86. The highest BCUT2D eigenvalue weighted by atomic mass is 35.5. The van der Waals surface area contributed by atoms with Crippen molar-refractivity contribution in [1.82, 2.24) is 4.98 Å². The van der Waals surface area contributed by atoms with Crippen molar-refractivity contribution < 1.29 is 0 Å². The lowest BCUT2D eigenvalue weighted by Crippen LogP contribution is -2.34. The van der Waals surface area contributed by atoms with Crippen molar-refractivity contribution in [1.29, 1.82) is 0 Å². The van der Waals surface area contributed by atoms with Gasteiger partial charge in [-0.25, -0.2) is 4.98 Å². The minimum atomic E-state index is 0.527. The zero-order chi connectivity index (χ0) is 12.7. The molecule has 0 aliphatic heterocycles. The summed E-state index contributed by atoms with van der Waals surface area (Å²) < 4.78 is 0. The summed E-state index contributed by atoms with van der Waals surface area (Å²) in [6.07, 6.45) is 5.41. The predicted molar refractivity (Wildman–Crippen MR) is 75.8 cm³/mol. The molecule has 0 aromatic carbocycles. The Bertz CT molecular complexity index is 328. The number of anilines is 1. The smallest absolute Gasteiger partial charge is 0.129 e. The van der Waals surface area contributed by atoms with Crippen LogP contribution in [0.1, 0.15) is 45.6 Å². The summed E-state index contributed by atoms with van der Waals surface area (Å²) in [4.78, 5) is 6.87. The molecule has 1 atom stereocenters. The van der Waals surface area contributed by atoms with Crippen LogP contribution in [0.25, 0.3) is 0 Å². The highest BCUT2D eigenvalue weighted by Gasteiger charge is 2.13. The van der Waals surface area contributed by atoms with Gasteiger partial charge in [-0.3, -0.25) is 0 Å². The molecule has 1 rings (SSSR count). The van der Waals surface area contributed by atoms with Gasteiger partial charge in [-0.05, 0) is 37.5 Å². The molecule has 0 bridgehead atoms. The second kappa shape index (κ2) is 7.54. The van der Waals surface area contributed by atoms with E-state index >= 15 is 0 Å². The number of alkyl halides is 1. The number of hydrogen-bond donors (Lipinski definition) is 0. The van der Waals surface area contributed by atoms with E-state index in [-0.39, 0.29) is 0 Å². The molecule has 96 valence electrons. The van der Waals surface area contributed by atoms with Crippen LogP contribution >= 0.6 is 11.6 Å². The molecule has 0 spiro atoms. The monoisotopic (exact) mass is 254 g/mol. The second-order valence-corrected chi connectivity index (χ2v) is 4.73. The van der Waals surface area contributed by atoms with Crippen LogP contribution in [0.4, 0.5) is 5.82 Å². The number of hydrogen-bond acceptors (Lipinski definition) is 2. The third-order valence-electron chi connectivity index (χ3n) is 3.13. The molecule has 1 unspecified atom stereocenters. The fourth-order valence-corrected chi connectivity index (χ4v) is 1.98. The van der Waals surface area contributed by atoms with Crippen molar-refractivity contribution in [3.05, 3.63) is 23.9 Å². The third-order valence-corrected chi connectivity index (χ3v) is 3.44. The zero-order valence-electron chi connectivity index (χ0n) is 11.1. The van der Waals surface area contributed by atoms with Gasteiger partial charge >= 0.3 is 0 Å². The van der Waals surface area contributed by atoms with E-state index in [2.05, 4.69) is 36.7 Å². The van der Waals surface area contributed by atoms with Crippen LogP contribution in [0.2, 0.25) is 0 Å². The van der Waals surface area contributed by atoms with E-state index in [9.17, 15) is 0 Å². The number of aromatic nitrogens is 1. The SMILES string of the molecule is CCCCN(c1cc(CCl)ccn1)C(C)CC. The van der Waals surface area contributed by atoms with E-state index in [1.807, 2.05) is 12.3 Å². The third kappa shape index (κ3) is 4.19. The Kier molecular flexibility index (Phi) is 6.35. The lowest BCUT2D eigenvalue weighted by Gasteiger charge is -2.30. The summed E-state index contributed by atoms with van der Waals surface area (Å²) in [5.74, 6) is 1.61. The van der Waals surface area contributed by atoms with E-state index in [1.54, 1.807) is 0 Å². The molecule has 3 heteroatoms. The van der Waals surface area contributed by atoms with Crippen LogP contribution in [0, 0.1) is 0 Å². The largest absolute Gasteiger partial charge is 0.354 e. The normalized spacial score (nSPS) is 12.5. The van der Waals surface area contributed by atoms with Crippen molar-refractivity contribution in [3.63, 3.8) is 0 Å². The molecule has 0 amide bonds. The summed E-state index contributed by atoms with van der Waals surface area (Å²) >= 11 is 5.88. The number of halogens is 1. The lowest BCUT2D eigenvalue weighted by atomic mass is 10.2. The first-order valence-corrected chi connectivity index (χ1v) is 7.03. The maximum atomic E-state index is 5.88. The topological polar surface area (TPSA) is 16.1 Å². The summed E-state index contributed by atoms with van der Waals surface area (Å²) in [5.41, 5.74) is 1.14. The van der Waals surface area contributed by atoms with Crippen LogP contribution in [0.3, 0.4) is 0 Å². The molecule has 0 fully saturated rings. The Labute approximate surface area is 110 Å². The number of rotatable bonds is 7. The van der Waals surface area contributed by atoms with Gasteiger partial charge < -0.3 is 4.90 Å². The summed E-state index contributed by atoms with van der Waals surface area (Å²) in [7, 11) is 0. The summed E-state index contributed by atoms with van der Waals surface area (Å²) in [6, 6.07) is 4.61. The molecule has 0 saturated carbocycles. The van der Waals surface area contributed by atoms with Gasteiger partial charge in [0.1, 0.15) is 5.82 Å². The molecule has 0 saturated heterocycles. The molecule has 1 aromatic rings. The molecule has 2 nitrogen and oxygen atoms in total. The lowest BCUT2D eigenvalue weighted by molar-refractivity contribution is 0.589. The molecule has 0 aliphatic rings. The van der Waals surface area contributed by atoms with E-state index in [4.69, 9.17) is 11.6 Å². The van der Waals surface area contributed by atoms with E-state index in [1.165, 1.54) is 12.8 Å². The van der Waals surface area contributed by atoms with Crippen molar-refractivity contribution >= 4 is 17.4 Å². The second-order valence-electron chi connectivity index (χ2n) is 4.46. The van der Waals surface area contributed by atoms with Crippen LogP contribution < -0.4 is 4.90 Å². The van der Waals surface area contributed by atoms with Crippen LogP contribution in [0.5, 0.6) is 0 Å². The van der Waals surface area contributed by atoms with Crippen molar-refractivity contribution in [2.45, 2.75) is 52.0 Å².